The third-order valence-corrected chi connectivity index (χ3v) is 10.4. The van der Waals surface area contributed by atoms with Crippen LogP contribution in [-0.2, 0) is 24.5 Å². The minimum atomic E-state index is -0.973. The van der Waals surface area contributed by atoms with E-state index in [-0.39, 0.29) is 50.6 Å². The second kappa shape index (κ2) is 20.7. The Kier molecular flexibility index (Phi) is 15.2. The molecule has 0 saturated carbocycles. The summed E-state index contributed by atoms with van der Waals surface area (Å²) in [6, 6.07) is 28.8. The van der Waals surface area contributed by atoms with Gasteiger partial charge in [-0.1, -0.05) is 56.8 Å². The number of ether oxygens (including phenoxy) is 2. The second-order valence-electron chi connectivity index (χ2n) is 15.7. The summed E-state index contributed by atoms with van der Waals surface area (Å²) < 4.78 is 10.4. The van der Waals surface area contributed by atoms with Gasteiger partial charge < -0.3 is 30.7 Å². The number of hydrogen-bond donors (Lipinski definition) is 4. The molecular formula is C51H48N4O10. The van der Waals surface area contributed by atoms with Crippen LogP contribution >= 0.6 is 0 Å². The highest BCUT2D eigenvalue weighted by atomic mass is 16.5. The fourth-order valence-corrected chi connectivity index (χ4v) is 6.21. The maximum absolute atomic E-state index is 14.1. The van der Waals surface area contributed by atoms with Gasteiger partial charge in [-0.25, -0.2) is 9.59 Å². The molecule has 0 aromatic heterocycles. The van der Waals surface area contributed by atoms with Gasteiger partial charge in [-0.2, -0.15) is 0 Å². The van der Waals surface area contributed by atoms with Gasteiger partial charge in [0.05, 0.1) is 22.3 Å². The fraction of sp³-hybridized carbons (Fsp3) is 0.176. The van der Waals surface area contributed by atoms with E-state index in [0.717, 1.165) is 5.56 Å². The third kappa shape index (κ3) is 12.0. The average molecular weight is 877 g/mol. The molecule has 0 bridgehead atoms. The standard InChI is InChI=1S/C51H48N4O10/c1-29(2)43(56)27-64-49(62)39-23-15-34(25-41(39)47(60)52-8)51(6,7)35-16-24-40(50(63)65-28-44(57)30(3)4)42(26-35)48(61)55-36-17-13-33(14-18-36)46(59)54-38-21-19-37(20-22-38)53-45(58)32-11-9-31(5)10-12-32/h9-26H,1,3,27-28H2,2,4-8H3,(H,52,60)(H,53,58)(H,54,59)(H,55,61). The van der Waals surface area contributed by atoms with Crippen LogP contribution in [0.1, 0.15) is 107 Å². The van der Waals surface area contributed by atoms with Crippen molar-refractivity contribution in [2.24, 2.45) is 0 Å². The van der Waals surface area contributed by atoms with Crippen molar-refractivity contribution in [3.05, 3.63) is 184 Å². The first-order valence-electron chi connectivity index (χ1n) is 20.2. The van der Waals surface area contributed by atoms with Crippen LogP contribution in [0.15, 0.2) is 133 Å². The van der Waals surface area contributed by atoms with Gasteiger partial charge in [0.15, 0.2) is 24.8 Å². The largest absolute Gasteiger partial charge is 0.454 e. The van der Waals surface area contributed by atoms with Gasteiger partial charge in [0, 0.05) is 40.7 Å². The van der Waals surface area contributed by atoms with Crippen LogP contribution in [-0.4, -0.2) is 67.4 Å². The Morgan fingerprint density at radius 1 is 0.492 bits per heavy atom. The Labute approximate surface area is 376 Å². The Balaban J connectivity index is 1.37. The molecule has 0 spiro atoms. The van der Waals surface area contributed by atoms with Crippen molar-refractivity contribution in [1.82, 2.24) is 5.32 Å². The summed E-state index contributed by atoms with van der Waals surface area (Å²) in [5.74, 6) is -4.85. The summed E-state index contributed by atoms with van der Waals surface area (Å²) in [7, 11) is 1.40. The molecule has 5 rings (SSSR count). The molecule has 0 aliphatic heterocycles. The molecular weight excluding hydrogens is 829 g/mol. The van der Waals surface area contributed by atoms with Crippen LogP contribution < -0.4 is 21.3 Å². The minimum absolute atomic E-state index is 0.0270. The SMILES string of the molecule is C=C(C)C(=O)COC(=O)c1ccc(C(C)(C)c2ccc(C(=O)OCC(=O)C(=C)C)c(C(=O)Nc3ccc(C(=O)Nc4ccc(NC(=O)c5ccc(C)cc5)cc4)cc3)c2)cc1C(=O)NC. The van der Waals surface area contributed by atoms with E-state index in [0.29, 0.717) is 28.1 Å². The number of rotatable bonds is 17. The van der Waals surface area contributed by atoms with Gasteiger partial charge in [0.2, 0.25) is 0 Å². The molecule has 0 heterocycles. The average Bonchev–Trinajstić information content (AvgIpc) is 3.29. The van der Waals surface area contributed by atoms with Gasteiger partial charge >= 0.3 is 11.9 Å². The van der Waals surface area contributed by atoms with Crippen LogP contribution in [0.25, 0.3) is 0 Å². The third-order valence-electron chi connectivity index (χ3n) is 10.4. The molecule has 0 aliphatic rings. The topological polar surface area (TPSA) is 203 Å². The molecule has 0 radical (unpaired) electrons. The molecule has 14 heteroatoms. The van der Waals surface area contributed by atoms with Gasteiger partial charge in [0.25, 0.3) is 23.6 Å². The molecule has 4 amide bonds. The van der Waals surface area contributed by atoms with Crippen molar-refractivity contribution in [3.63, 3.8) is 0 Å². The molecule has 5 aromatic rings. The van der Waals surface area contributed by atoms with Gasteiger partial charge in [-0.15, -0.1) is 0 Å². The number of ketones is 2. The molecule has 0 atom stereocenters. The Morgan fingerprint density at radius 2 is 0.846 bits per heavy atom. The quantitative estimate of drug-likeness (QED) is 0.0523. The highest BCUT2D eigenvalue weighted by molar-refractivity contribution is 6.12. The lowest BCUT2D eigenvalue weighted by Crippen LogP contribution is -2.26. The minimum Gasteiger partial charge on any atom is -0.454 e. The lowest BCUT2D eigenvalue weighted by molar-refractivity contribution is -0.119. The second-order valence-corrected chi connectivity index (χ2v) is 15.7. The van der Waals surface area contributed by atoms with Crippen LogP contribution in [0.5, 0.6) is 0 Å². The number of carbonyl (C=O) groups excluding carboxylic acids is 8. The zero-order valence-corrected chi connectivity index (χ0v) is 36.8. The van der Waals surface area contributed by atoms with E-state index in [9.17, 15) is 38.4 Å². The maximum Gasteiger partial charge on any atom is 0.339 e. The number of anilines is 3. The van der Waals surface area contributed by atoms with E-state index in [2.05, 4.69) is 34.4 Å². The van der Waals surface area contributed by atoms with Crippen molar-refractivity contribution in [3.8, 4) is 0 Å². The normalized spacial score (nSPS) is 10.7. The smallest absolute Gasteiger partial charge is 0.339 e. The Morgan fingerprint density at radius 3 is 1.23 bits per heavy atom. The van der Waals surface area contributed by atoms with Crippen molar-refractivity contribution in [1.29, 1.82) is 0 Å². The molecule has 14 nitrogen and oxygen atoms in total. The van der Waals surface area contributed by atoms with Gasteiger partial charge in [-0.05, 0) is 128 Å². The number of carbonyl (C=O) groups is 8. The Bertz CT molecular complexity index is 2740. The van der Waals surface area contributed by atoms with Gasteiger partial charge in [0.1, 0.15) is 0 Å². The zero-order valence-electron chi connectivity index (χ0n) is 36.8. The lowest BCUT2D eigenvalue weighted by atomic mass is 9.76. The van der Waals surface area contributed by atoms with Crippen molar-refractivity contribution in [2.45, 2.75) is 40.0 Å². The van der Waals surface area contributed by atoms with E-state index in [4.69, 9.17) is 9.47 Å². The van der Waals surface area contributed by atoms with Gasteiger partial charge in [-0.3, -0.25) is 28.8 Å². The number of amides is 4. The van der Waals surface area contributed by atoms with E-state index in [1.165, 1.54) is 69.4 Å². The number of aryl methyl sites for hydroxylation is 1. The molecule has 0 fully saturated rings. The predicted molar refractivity (Wildman–Crippen MR) is 247 cm³/mol. The number of nitrogens with one attached hydrogen (secondary N) is 4. The molecule has 0 saturated heterocycles. The van der Waals surface area contributed by atoms with Crippen molar-refractivity contribution >= 4 is 64.2 Å². The van der Waals surface area contributed by atoms with E-state index < -0.39 is 59.9 Å². The lowest BCUT2D eigenvalue weighted by Gasteiger charge is -2.28. The van der Waals surface area contributed by atoms with E-state index in [1.54, 1.807) is 48.5 Å². The summed E-state index contributed by atoms with van der Waals surface area (Å²) in [5, 5.41) is 10.9. The van der Waals surface area contributed by atoms with Crippen LogP contribution in [0.3, 0.4) is 0 Å². The summed E-state index contributed by atoms with van der Waals surface area (Å²) in [6.07, 6.45) is 0. The summed E-state index contributed by atoms with van der Waals surface area (Å²) in [5.41, 5.74) is 3.19. The highest BCUT2D eigenvalue weighted by Gasteiger charge is 2.30. The van der Waals surface area contributed by atoms with Crippen molar-refractivity contribution in [2.75, 3.05) is 36.2 Å². The number of hydrogen-bond acceptors (Lipinski definition) is 10. The highest BCUT2D eigenvalue weighted by Crippen LogP contribution is 2.35. The Hall–Kier alpha value is -8.26. The van der Waals surface area contributed by atoms with Crippen LogP contribution in [0.2, 0.25) is 0 Å². The molecule has 332 valence electrons. The molecule has 65 heavy (non-hydrogen) atoms. The molecule has 5 aromatic carbocycles. The molecule has 4 N–H and O–H groups in total. The van der Waals surface area contributed by atoms with E-state index in [1.807, 2.05) is 32.9 Å². The zero-order chi connectivity index (χ0) is 47.6. The van der Waals surface area contributed by atoms with Crippen LogP contribution in [0.4, 0.5) is 17.1 Å². The number of Topliss-reactive ketones (excluding diaryl/α,β-unsaturated/α-hetero) is 2. The van der Waals surface area contributed by atoms with Crippen LogP contribution in [0, 0.1) is 6.92 Å². The monoisotopic (exact) mass is 876 g/mol. The first kappa shape index (κ1) is 47.8. The summed E-state index contributed by atoms with van der Waals surface area (Å²) in [4.78, 5) is 104. The number of esters is 2. The predicted octanol–water partition coefficient (Wildman–Crippen LogP) is 8.04. The first-order valence-corrected chi connectivity index (χ1v) is 20.2. The van der Waals surface area contributed by atoms with Crippen molar-refractivity contribution < 1.29 is 47.8 Å². The first-order chi connectivity index (χ1) is 30.8. The molecule has 0 aliphatic carbocycles. The fourth-order valence-electron chi connectivity index (χ4n) is 6.21. The summed E-state index contributed by atoms with van der Waals surface area (Å²) >= 11 is 0. The molecule has 0 unspecified atom stereocenters. The maximum atomic E-state index is 14.1. The summed E-state index contributed by atoms with van der Waals surface area (Å²) in [6.45, 7) is 14.5. The van der Waals surface area contributed by atoms with E-state index >= 15 is 0 Å². The number of benzene rings is 5.